The van der Waals surface area contributed by atoms with E-state index in [4.69, 9.17) is 28.4 Å². The minimum Gasteiger partial charge on any atom is -0.548 e. The molecule has 1 unspecified atom stereocenters. The van der Waals surface area contributed by atoms with E-state index in [0.29, 0.717) is 81.5 Å². The average Bonchev–Trinajstić information content (AvgIpc) is 3.28. The molecular formula is C47H80N5O16+. The van der Waals surface area contributed by atoms with Gasteiger partial charge in [0.05, 0.1) is 51.7 Å². The summed E-state index contributed by atoms with van der Waals surface area (Å²) < 4.78 is 30.3. The van der Waals surface area contributed by atoms with E-state index in [-0.39, 0.29) is 57.1 Å². The van der Waals surface area contributed by atoms with Crippen molar-refractivity contribution in [2.45, 2.75) is 135 Å². The molecule has 0 aliphatic carbocycles. The van der Waals surface area contributed by atoms with Gasteiger partial charge in [0.1, 0.15) is 12.6 Å². The molecule has 0 radical (unpaired) electrons. The second-order valence-electron chi connectivity index (χ2n) is 16.2. The largest absolute Gasteiger partial charge is 0.548 e. The zero-order valence-corrected chi connectivity index (χ0v) is 40.9. The van der Waals surface area contributed by atoms with Crippen LogP contribution >= 0.6 is 0 Å². The predicted octanol–water partition coefficient (Wildman–Crippen LogP) is 0.169. The first-order valence-electron chi connectivity index (χ1n) is 23.0. The quantitative estimate of drug-likeness (QED) is 0.0206. The summed E-state index contributed by atoms with van der Waals surface area (Å²) in [6.45, 7) is 22.6. The Morgan fingerprint density at radius 2 is 0.868 bits per heavy atom. The Morgan fingerprint density at radius 3 is 1.34 bits per heavy atom. The van der Waals surface area contributed by atoms with Crippen LogP contribution in [0, 0.1) is 0 Å². The van der Waals surface area contributed by atoms with Crippen LogP contribution in [0.2, 0.25) is 0 Å². The third kappa shape index (κ3) is 36.6. The molecule has 0 saturated carbocycles. The summed E-state index contributed by atoms with van der Waals surface area (Å²) in [6, 6.07) is -3.63. The number of aliphatic carboxylic acids is 2. The van der Waals surface area contributed by atoms with Crippen molar-refractivity contribution in [2.24, 2.45) is 0 Å². The highest BCUT2D eigenvalue weighted by Crippen LogP contribution is 2.10. The Kier molecular flexibility index (Phi) is 38.5. The van der Waals surface area contributed by atoms with Gasteiger partial charge in [0.25, 0.3) is 11.8 Å². The molecular weight excluding hydrogens is 891 g/mol. The van der Waals surface area contributed by atoms with Crippen LogP contribution in [0.4, 0.5) is 0 Å². The molecule has 68 heavy (non-hydrogen) atoms. The number of hydrogen-bond donors (Lipinski definition) is 6. The number of quaternary nitrogens is 2. The van der Waals surface area contributed by atoms with Crippen molar-refractivity contribution < 1.29 is 88.5 Å². The lowest BCUT2D eigenvalue weighted by atomic mass is 10.0. The van der Waals surface area contributed by atoms with Crippen LogP contribution in [0.15, 0.2) is 48.6 Å². The molecule has 2 amide bonds. The fourth-order valence-electron chi connectivity index (χ4n) is 5.23. The number of rotatable bonds is 40. The minimum atomic E-state index is -1.51. The first-order chi connectivity index (χ1) is 32.1. The van der Waals surface area contributed by atoms with Gasteiger partial charge in [0.15, 0.2) is 12.1 Å². The van der Waals surface area contributed by atoms with Crippen molar-refractivity contribution in [3.8, 4) is 0 Å². The molecule has 0 bridgehead atoms. The molecule has 21 nitrogen and oxygen atoms in total. The summed E-state index contributed by atoms with van der Waals surface area (Å²) in [5.74, 6) is -5.25. The Balaban J connectivity index is 0. The molecule has 0 aromatic rings. The number of nitrogens with one attached hydrogen (secondary N) is 3. The van der Waals surface area contributed by atoms with E-state index in [1.165, 1.54) is 13.8 Å². The molecule has 0 aliphatic rings. The Hall–Kier alpha value is -5.48. The number of carbonyl (C=O) groups excluding carboxylic acids is 7. The van der Waals surface area contributed by atoms with Crippen molar-refractivity contribution in [3.63, 3.8) is 0 Å². The van der Waals surface area contributed by atoms with Crippen LogP contribution in [-0.4, -0.2) is 143 Å². The van der Waals surface area contributed by atoms with Gasteiger partial charge in [0.2, 0.25) is 0 Å². The maximum Gasteiger partial charge on any atom is 0.333 e. The highest BCUT2D eigenvalue weighted by Gasteiger charge is 2.25. The molecule has 0 spiro atoms. The summed E-state index contributed by atoms with van der Waals surface area (Å²) >= 11 is 0. The van der Waals surface area contributed by atoms with E-state index in [1.807, 2.05) is 0 Å². The third-order valence-corrected chi connectivity index (χ3v) is 9.29. The fraction of sp³-hybridized carbons (Fsp3) is 0.660. The lowest BCUT2D eigenvalue weighted by molar-refractivity contribution is -0.410. The van der Waals surface area contributed by atoms with Gasteiger partial charge in [-0.25, -0.2) is 24.0 Å². The molecule has 0 aromatic heterocycles. The molecule has 21 heteroatoms. The average molecular weight is 971 g/mol. The molecule has 4 atom stereocenters. The number of carbonyl (C=O) groups is 8. The molecule has 0 fully saturated rings. The zero-order valence-electron chi connectivity index (χ0n) is 40.9. The van der Waals surface area contributed by atoms with Crippen molar-refractivity contribution in [1.82, 2.24) is 16.0 Å². The van der Waals surface area contributed by atoms with E-state index < -0.39 is 59.9 Å². The lowest BCUT2D eigenvalue weighted by Gasteiger charge is -2.21. The van der Waals surface area contributed by atoms with E-state index in [1.54, 1.807) is 13.8 Å². The van der Waals surface area contributed by atoms with Gasteiger partial charge in [-0.3, -0.25) is 9.59 Å². The van der Waals surface area contributed by atoms with Crippen LogP contribution in [0.25, 0.3) is 0 Å². The number of esters is 4. The van der Waals surface area contributed by atoms with Gasteiger partial charge >= 0.3 is 29.8 Å². The van der Waals surface area contributed by atoms with Gasteiger partial charge < -0.3 is 70.8 Å². The van der Waals surface area contributed by atoms with E-state index >= 15 is 0 Å². The van der Waals surface area contributed by atoms with Crippen LogP contribution in [0.5, 0.6) is 0 Å². The second-order valence-corrected chi connectivity index (χ2v) is 16.2. The Labute approximate surface area is 401 Å². The molecule has 0 aromatic carbocycles. The Bertz CT molecular complexity index is 1620. The monoisotopic (exact) mass is 971 g/mol. The SMILES string of the molecule is C=C(C)C(=O)OCCCCCCCC[C@H]([NH3+])C(=O)N[C@@H](CCCCNCCCOC(=O)C(=C)C)C(=O)O.C=C(C)C(=O)OCCCOCC(NC(=O)[C@@H]([NH3+])COCCCOC(=O)C(=C)C)C(=O)[O-]. The summed E-state index contributed by atoms with van der Waals surface area (Å²) in [5, 5.41) is 28.8. The number of hydrogen-bond acceptors (Lipinski definition) is 16. The lowest BCUT2D eigenvalue weighted by Crippen LogP contribution is -2.71. The first kappa shape index (κ1) is 64.6. The highest BCUT2D eigenvalue weighted by atomic mass is 16.5. The van der Waals surface area contributed by atoms with Crippen LogP contribution in [0.3, 0.4) is 0 Å². The molecule has 0 saturated heterocycles. The number of carboxylic acids is 2. The van der Waals surface area contributed by atoms with Crippen molar-refractivity contribution in [2.75, 3.05) is 65.9 Å². The number of amides is 2. The van der Waals surface area contributed by atoms with Crippen LogP contribution in [0.1, 0.15) is 111 Å². The van der Waals surface area contributed by atoms with Gasteiger partial charge in [-0.15, -0.1) is 0 Å². The van der Waals surface area contributed by atoms with Gasteiger partial charge in [-0.2, -0.15) is 0 Å². The molecule has 388 valence electrons. The second kappa shape index (κ2) is 40.6. The van der Waals surface area contributed by atoms with E-state index in [2.05, 4.69) is 53.7 Å². The smallest absolute Gasteiger partial charge is 0.333 e. The number of unbranched alkanes of at least 4 members (excludes halogenated alkanes) is 6. The molecule has 0 aliphatic heterocycles. The summed E-state index contributed by atoms with van der Waals surface area (Å²) in [4.78, 5) is 92.1. The van der Waals surface area contributed by atoms with Crippen LogP contribution in [-0.2, 0) is 66.8 Å². The van der Waals surface area contributed by atoms with Crippen molar-refractivity contribution in [1.29, 1.82) is 0 Å². The van der Waals surface area contributed by atoms with Gasteiger partial charge in [-0.05, 0) is 79.3 Å². The summed E-state index contributed by atoms with van der Waals surface area (Å²) in [6.07, 6.45) is 9.50. The predicted molar refractivity (Wildman–Crippen MR) is 247 cm³/mol. The maximum atomic E-state index is 12.4. The normalized spacial score (nSPS) is 12.3. The molecule has 0 heterocycles. The topological polar surface area (TPSA) is 327 Å². The first-order valence-corrected chi connectivity index (χ1v) is 23.0. The van der Waals surface area contributed by atoms with Crippen molar-refractivity contribution >= 4 is 47.6 Å². The van der Waals surface area contributed by atoms with Gasteiger partial charge in [-0.1, -0.05) is 52.0 Å². The van der Waals surface area contributed by atoms with Crippen LogP contribution < -0.4 is 32.5 Å². The third-order valence-electron chi connectivity index (χ3n) is 9.29. The van der Waals surface area contributed by atoms with E-state index in [9.17, 15) is 48.6 Å². The Morgan fingerprint density at radius 1 is 0.485 bits per heavy atom. The fourth-order valence-corrected chi connectivity index (χ4v) is 5.23. The van der Waals surface area contributed by atoms with Gasteiger partial charge in [0, 0.05) is 48.2 Å². The molecule has 10 N–H and O–H groups in total. The van der Waals surface area contributed by atoms with E-state index in [0.717, 1.165) is 44.9 Å². The standard InChI is InChI=1S/C27H47N3O7.C20H32N2O9/c1-20(2)26(34)36-18-12-8-6-5-7-9-14-22(28)24(31)30-23(25(32)33)15-10-11-16-29-17-13-19-37-27(35)21(3)4;1-13(2)19(26)30-9-5-7-28-11-15(21)17(23)22-16(18(24)25)12-29-8-6-10-31-20(27)14(3)4/h22-23,29H,1,3,5-19,28H2,2,4H3,(H,30,31)(H,32,33);15-16H,1,3,5-12,21H2,2,4H3,(H,22,23)(H,24,25)/p+1/t22-,23-;15-,16?/m00/s1. The zero-order chi connectivity index (χ0) is 51.9. The highest BCUT2D eigenvalue weighted by molar-refractivity contribution is 5.88. The maximum absolute atomic E-state index is 12.4. The minimum absolute atomic E-state index is 0.0466. The number of ether oxygens (including phenoxy) is 6. The van der Waals surface area contributed by atoms with Crippen molar-refractivity contribution in [3.05, 3.63) is 48.6 Å². The number of carboxylic acid groups (broad SMARTS) is 2. The molecule has 0 rings (SSSR count). The summed E-state index contributed by atoms with van der Waals surface area (Å²) in [5.41, 5.74) is 8.88. The summed E-state index contributed by atoms with van der Waals surface area (Å²) in [7, 11) is 0.